The van der Waals surface area contributed by atoms with Gasteiger partial charge in [-0.1, -0.05) is 24.3 Å². The second-order valence-electron chi connectivity index (χ2n) is 5.22. The molecule has 1 aromatic heterocycles. The van der Waals surface area contributed by atoms with E-state index in [-0.39, 0.29) is 11.9 Å². The third kappa shape index (κ3) is 3.52. The Morgan fingerprint density at radius 3 is 2.57 bits per heavy atom. The predicted octanol–water partition coefficient (Wildman–Crippen LogP) is 3.57. The molecule has 0 unspecified atom stereocenters. The number of carbonyl (C=O) groups is 1. The summed E-state index contributed by atoms with van der Waals surface area (Å²) in [6.07, 6.45) is 1.84. The van der Waals surface area contributed by atoms with E-state index >= 15 is 0 Å². The van der Waals surface area contributed by atoms with Crippen LogP contribution in [0.5, 0.6) is 0 Å². The first-order valence-corrected chi connectivity index (χ1v) is 8.19. The maximum Gasteiger partial charge on any atom is 0.254 e. The van der Waals surface area contributed by atoms with Crippen LogP contribution in [0.15, 0.2) is 47.8 Å². The van der Waals surface area contributed by atoms with Crippen LogP contribution < -0.4 is 0 Å². The minimum Gasteiger partial charge on any atom is -0.381 e. The van der Waals surface area contributed by atoms with E-state index in [1.54, 1.807) is 11.3 Å². The van der Waals surface area contributed by atoms with Crippen molar-refractivity contribution in [2.45, 2.75) is 25.4 Å². The fraction of sp³-hybridized carbons (Fsp3) is 0.353. The Bertz CT molecular complexity index is 562. The van der Waals surface area contributed by atoms with E-state index in [2.05, 4.69) is 11.4 Å². The fourth-order valence-electron chi connectivity index (χ4n) is 2.68. The maximum absolute atomic E-state index is 12.9. The van der Waals surface area contributed by atoms with Gasteiger partial charge in [0.05, 0.1) is 6.54 Å². The molecule has 1 aliphatic heterocycles. The third-order valence-electron chi connectivity index (χ3n) is 3.82. The van der Waals surface area contributed by atoms with E-state index in [0.29, 0.717) is 6.54 Å². The average molecular weight is 301 g/mol. The summed E-state index contributed by atoms with van der Waals surface area (Å²) in [4.78, 5) is 16.1. The highest BCUT2D eigenvalue weighted by molar-refractivity contribution is 7.09. The average Bonchev–Trinajstić information content (AvgIpc) is 3.07. The second kappa shape index (κ2) is 6.87. The van der Waals surface area contributed by atoms with Crippen molar-refractivity contribution in [3.8, 4) is 0 Å². The molecule has 2 heterocycles. The number of thiophene rings is 1. The predicted molar refractivity (Wildman–Crippen MR) is 84.5 cm³/mol. The second-order valence-corrected chi connectivity index (χ2v) is 6.25. The maximum atomic E-state index is 12.9. The lowest BCUT2D eigenvalue weighted by Gasteiger charge is -2.34. The number of hydrogen-bond acceptors (Lipinski definition) is 3. The number of benzene rings is 1. The van der Waals surface area contributed by atoms with Crippen LogP contribution >= 0.6 is 11.3 Å². The Hall–Kier alpha value is -1.65. The number of carbonyl (C=O) groups excluding carboxylic acids is 1. The van der Waals surface area contributed by atoms with Gasteiger partial charge in [0.25, 0.3) is 5.91 Å². The van der Waals surface area contributed by atoms with Crippen LogP contribution in [0.4, 0.5) is 0 Å². The standard InChI is InChI=1S/C17H19NO2S/c19-17(14-5-2-1-3-6-14)18(13-16-7-4-12-21-16)15-8-10-20-11-9-15/h1-7,12,15H,8-11,13H2. The molecule has 1 fully saturated rings. The first-order chi connectivity index (χ1) is 10.3. The Morgan fingerprint density at radius 1 is 1.14 bits per heavy atom. The Balaban J connectivity index is 1.82. The zero-order valence-electron chi connectivity index (χ0n) is 11.9. The van der Waals surface area contributed by atoms with Crippen LogP contribution in [0, 0.1) is 0 Å². The van der Waals surface area contributed by atoms with E-state index < -0.39 is 0 Å². The van der Waals surface area contributed by atoms with Crippen LogP contribution in [0.3, 0.4) is 0 Å². The molecular formula is C17H19NO2S. The first-order valence-electron chi connectivity index (χ1n) is 7.31. The van der Waals surface area contributed by atoms with Gasteiger partial charge in [-0.2, -0.15) is 0 Å². The monoisotopic (exact) mass is 301 g/mol. The smallest absolute Gasteiger partial charge is 0.254 e. The van der Waals surface area contributed by atoms with Gasteiger partial charge in [0.15, 0.2) is 0 Å². The summed E-state index contributed by atoms with van der Waals surface area (Å²) in [6, 6.07) is 14.0. The van der Waals surface area contributed by atoms with Crippen molar-refractivity contribution in [2.24, 2.45) is 0 Å². The third-order valence-corrected chi connectivity index (χ3v) is 4.68. The highest BCUT2D eigenvalue weighted by Crippen LogP contribution is 2.22. The lowest BCUT2D eigenvalue weighted by Crippen LogP contribution is -2.42. The molecule has 0 radical (unpaired) electrons. The molecule has 1 amide bonds. The molecule has 21 heavy (non-hydrogen) atoms. The SMILES string of the molecule is O=C(c1ccccc1)N(Cc1cccs1)C1CCOCC1. The molecule has 4 heteroatoms. The minimum absolute atomic E-state index is 0.121. The van der Waals surface area contributed by atoms with Gasteiger partial charge in [-0.15, -0.1) is 11.3 Å². The Labute approximate surface area is 129 Å². The van der Waals surface area contributed by atoms with Gasteiger partial charge in [-0.25, -0.2) is 0 Å². The van der Waals surface area contributed by atoms with E-state index in [1.165, 1.54) is 4.88 Å². The van der Waals surface area contributed by atoms with Crippen molar-refractivity contribution in [3.05, 3.63) is 58.3 Å². The van der Waals surface area contributed by atoms with Crippen LogP contribution in [0.1, 0.15) is 28.1 Å². The van der Waals surface area contributed by atoms with E-state index in [1.807, 2.05) is 41.3 Å². The summed E-state index contributed by atoms with van der Waals surface area (Å²) in [5, 5.41) is 2.06. The number of nitrogens with zero attached hydrogens (tertiary/aromatic N) is 1. The van der Waals surface area contributed by atoms with Gasteiger partial charge >= 0.3 is 0 Å². The summed E-state index contributed by atoms with van der Waals surface area (Å²) in [7, 11) is 0. The van der Waals surface area contributed by atoms with Gasteiger partial charge in [0, 0.05) is 29.7 Å². The lowest BCUT2D eigenvalue weighted by atomic mass is 10.1. The van der Waals surface area contributed by atoms with Crippen molar-refractivity contribution in [2.75, 3.05) is 13.2 Å². The molecule has 0 bridgehead atoms. The summed E-state index contributed by atoms with van der Waals surface area (Å²) in [6.45, 7) is 2.18. The fourth-order valence-corrected chi connectivity index (χ4v) is 3.38. The molecule has 3 nitrogen and oxygen atoms in total. The number of rotatable bonds is 4. The molecule has 1 saturated heterocycles. The zero-order valence-corrected chi connectivity index (χ0v) is 12.7. The van der Waals surface area contributed by atoms with Crippen LogP contribution in [-0.2, 0) is 11.3 Å². The van der Waals surface area contributed by atoms with Gasteiger partial charge in [0.1, 0.15) is 0 Å². The van der Waals surface area contributed by atoms with Gasteiger partial charge in [-0.05, 0) is 36.4 Å². The normalized spacial score (nSPS) is 15.8. The highest BCUT2D eigenvalue weighted by atomic mass is 32.1. The van der Waals surface area contributed by atoms with Crippen molar-refractivity contribution in [3.63, 3.8) is 0 Å². The molecular weight excluding hydrogens is 282 g/mol. The van der Waals surface area contributed by atoms with Crippen molar-refractivity contribution >= 4 is 17.2 Å². The number of amides is 1. The Morgan fingerprint density at radius 2 is 1.90 bits per heavy atom. The highest BCUT2D eigenvalue weighted by Gasteiger charge is 2.26. The lowest BCUT2D eigenvalue weighted by molar-refractivity contribution is 0.0270. The molecule has 0 spiro atoms. The summed E-state index contributed by atoms with van der Waals surface area (Å²) >= 11 is 1.70. The quantitative estimate of drug-likeness (QED) is 0.864. The van der Waals surface area contributed by atoms with E-state index in [0.717, 1.165) is 31.6 Å². The first kappa shape index (κ1) is 14.3. The summed E-state index contributed by atoms with van der Waals surface area (Å²) in [5.41, 5.74) is 0.764. The summed E-state index contributed by atoms with van der Waals surface area (Å²) < 4.78 is 5.44. The van der Waals surface area contributed by atoms with Crippen LogP contribution in [0.25, 0.3) is 0 Å². The number of hydrogen-bond donors (Lipinski definition) is 0. The van der Waals surface area contributed by atoms with E-state index in [9.17, 15) is 4.79 Å². The summed E-state index contributed by atoms with van der Waals surface area (Å²) in [5.74, 6) is 0.121. The minimum atomic E-state index is 0.121. The van der Waals surface area contributed by atoms with Gasteiger partial charge in [-0.3, -0.25) is 4.79 Å². The molecule has 0 saturated carbocycles. The largest absolute Gasteiger partial charge is 0.381 e. The molecule has 3 rings (SSSR count). The molecule has 110 valence electrons. The van der Waals surface area contributed by atoms with Gasteiger partial charge in [0.2, 0.25) is 0 Å². The molecule has 0 aliphatic carbocycles. The van der Waals surface area contributed by atoms with Crippen molar-refractivity contribution < 1.29 is 9.53 Å². The van der Waals surface area contributed by atoms with Crippen molar-refractivity contribution in [1.29, 1.82) is 0 Å². The van der Waals surface area contributed by atoms with Crippen LogP contribution in [0.2, 0.25) is 0 Å². The van der Waals surface area contributed by atoms with Crippen LogP contribution in [-0.4, -0.2) is 30.1 Å². The molecule has 1 aromatic carbocycles. The topological polar surface area (TPSA) is 29.5 Å². The number of ether oxygens (including phenoxy) is 1. The molecule has 0 N–H and O–H groups in total. The zero-order chi connectivity index (χ0) is 14.5. The van der Waals surface area contributed by atoms with Gasteiger partial charge < -0.3 is 9.64 Å². The van der Waals surface area contributed by atoms with E-state index in [4.69, 9.17) is 4.74 Å². The molecule has 2 aromatic rings. The Kier molecular flexibility index (Phi) is 4.68. The molecule has 1 aliphatic rings. The van der Waals surface area contributed by atoms with Crippen molar-refractivity contribution in [1.82, 2.24) is 4.90 Å². The molecule has 0 atom stereocenters.